The number of rotatable bonds is 25. The lowest BCUT2D eigenvalue weighted by Crippen LogP contribution is -2.49. The molecule has 2 saturated heterocycles. The van der Waals surface area contributed by atoms with Gasteiger partial charge in [-0.15, -0.1) is 0 Å². The number of para-hydroxylation sites is 2. The summed E-state index contributed by atoms with van der Waals surface area (Å²) in [5, 5.41) is 14.8. The lowest BCUT2D eigenvalue weighted by molar-refractivity contribution is -0.122. The van der Waals surface area contributed by atoms with Crippen LogP contribution in [0.5, 0.6) is 0 Å². The molecule has 4 aliphatic rings. The smallest absolute Gasteiger partial charge is 0.219 e. The van der Waals surface area contributed by atoms with Crippen LogP contribution < -0.4 is 21.3 Å². The summed E-state index contributed by atoms with van der Waals surface area (Å²) in [6.45, 7) is 11.0. The third-order valence-electron chi connectivity index (χ3n) is 14.6. The van der Waals surface area contributed by atoms with Crippen LogP contribution >= 0.6 is 23.2 Å². The number of hydrogen-bond donors (Lipinski definition) is 4. The van der Waals surface area contributed by atoms with Gasteiger partial charge in [0.15, 0.2) is 0 Å². The summed E-state index contributed by atoms with van der Waals surface area (Å²) in [6.07, 6.45) is 20.4. The van der Waals surface area contributed by atoms with E-state index in [0.717, 1.165) is 174 Å². The number of carbonyl (C=O) groups excluding carboxylic acids is 2. The maximum absolute atomic E-state index is 12.5. The minimum Gasteiger partial charge on any atom is -0.356 e. The van der Waals surface area contributed by atoms with Crippen molar-refractivity contribution in [1.82, 2.24) is 30.2 Å². The van der Waals surface area contributed by atoms with Crippen LogP contribution in [0.25, 0.3) is 0 Å². The van der Waals surface area contributed by atoms with Gasteiger partial charge < -0.3 is 31.1 Å². The fourth-order valence-electron chi connectivity index (χ4n) is 10.4. The normalized spacial score (nSPS) is 15.6. The summed E-state index contributed by atoms with van der Waals surface area (Å²) < 4.78 is 0. The second-order valence-corrected chi connectivity index (χ2v) is 20.9. The highest BCUT2D eigenvalue weighted by molar-refractivity contribution is 6.31. The highest BCUT2D eigenvalue weighted by atomic mass is 35.5. The monoisotopic (exact) mass is 1020 g/mol. The van der Waals surface area contributed by atoms with Gasteiger partial charge in [0.05, 0.1) is 22.7 Å². The third kappa shape index (κ3) is 16.2. The summed E-state index contributed by atoms with van der Waals surface area (Å²) >= 11 is 12.7. The maximum Gasteiger partial charge on any atom is 0.219 e. The molecule has 4 heterocycles. The Kier molecular flexibility index (Phi) is 20.9. The summed E-state index contributed by atoms with van der Waals surface area (Å²) in [6, 6.07) is 28.4. The number of amides is 2. The Morgan fingerprint density at radius 1 is 0.444 bits per heavy atom. The minimum absolute atomic E-state index is 0.194. The van der Waals surface area contributed by atoms with Crippen molar-refractivity contribution in [3.63, 3.8) is 0 Å². The highest BCUT2D eigenvalue weighted by Gasteiger charge is 2.27. The molecule has 0 aromatic heterocycles. The van der Waals surface area contributed by atoms with Gasteiger partial charge in [0.2, 0.25) is 11.8 Å². The van der Waals surface area contributed by atoms with Gasteiger partial charge in [-0.25, -0.2) is 9.98 Å². The Hall–Kier alpha value is -5.14. The molecule has 72 heavy (non-hydrogen) atoms. The summed E-state index contributed by atoms with van der Waals surface area (Å²) in [5.41, 5.74) is 7.99. The predicted octanol–water partition coefficient (Wildman–Crippen LogP) is 12.5. The molecule has 4 aromatic carbocycles. The van der Waals surface area contributed by atoms with E-state index in [9.17, 15) is 9.59 Å². The van der Waals surface area contributed by atoms with Crippen molar-refractivity contribution in [3.05, 3.63) is 106 Å². The van der Waals surface area contributed by atoms with Gasteiger partial charge in [-0.1, -0.05) is 125 Å². The summed E-state index contributed by atoms with van der Waals surface area (Å²) in [7, 11) is 0. The number of amidine groups is 2. The van der Waals surface area contributed by atoms with E-state index < -0.39 is 0 Å². The first kappa shape index (κ1) is 53.2. The molecule has 4 N–H and O–H groups in total. The van der Waals surface area contributed by atoms with E-state index in [1.807, 2.05) is 36.4 Å². The lowest BCUT2D eigenvalue weighted by Gasteiger charge is -2.36. The fraction of sp³-hybridized carbons (Fsp3) is 0.517. The molecule has 0 bridgehead atoms. The summed E-state index contributed by atoms with van der Waals surface area (Å²) in [5.74, 6) is 2.37. The number of piperazine rings is 2. The number of halogens is 2. The van der Waals surface area contributed by atoms with Crippen LogP contribution in [-0.2, 0) is 9.59 Å². The Labute approximate surface area is 439 Å². The average Bonchev–Trinajstić information content (AvgIpc) is 3.67. The largest absolute Gasteiger partial charge is 0.356 e. The van der Waals surface area contributed by atoms with E-state index in [1.165, 1.54) is 64.2 Å². The first-order valence-corrected chi connectivity index (χ1v) is 28.1. The third-order valence-corrected chi connectivity index (χ3v) is 15.1. The number of hydrogen-bond acceptors (Lipinski definition) is 10. The first-order valence-electron chi connectivity index (χ1n) is 27.3. The van der Waals surface area contributed by atoms with Gasteiger partial charge in [-0.3, -0.25) is 19.4 Å². The number of nitrogens with one attached hydrogen (secondary N) is 4. The quantitative estimate of drug-likeness (QED) is 0.0485. The molecule has 2 amide bonds. The van der Waals surface area contributed by atoms with Crippen LogP contribution in [0.4, 0.5) is 34.1 Å². The van der Waals surface area contributed by atoms with Crippen molar-refractivity contribution in [1.29, 1.82) is 0 Å². The molecular formula is C58H78Cl2N10O2. The van der Waals surface area contributed by atoms with E-state index in [2.05, 4.69) is 89.4 Å². The van der Waals surface area contributed by atoms with Gasteiger partial charge in [0.1, 0.15) is 11.7 Å². The topological polar surface area (TPSA) is 120 Å². The zero-order valence-corrected chi connectivity index (χ0v) is 44.1. The van der Waals surface area contributed by atoms with E-state index in [-0.39, 0.29) is 11.8 Å². The molecule has 12 nitrogen and oxygen atoms in total. The Morgan fingerprint density at radius 3 is 1.19 bits per heavy atom. The number of aliphatic imine (C=N–C) groups is 2. The van der Waals surface area contributed by atoms with Gasteiger partial charge in [-0.2, -0.15) is 0 Å². The standard InChI is InChI=1S/C58H78Cl2N10O2/c59-45-27-29-51-53(43-45)65-57(47-21-15-17-23-49(47)63-51)69-39-35-67(36-40-69)33-19-31-61-55(71)25-13-11-9-7-5-3-1-2-4-6-8-10-12-14-26-56(72)62-32-20-34-68-37-41-70(42-38-68)58-48-22-16-18-24-50(48)64-52-30-28-46(60)44-54(52)66-58/h15-18,21-24,27-30,43-44,63-64H,1-14,19-20,25-26,31-42H2,(H,61,71)(H,62,72). The van der Waals surface area contributed by atoms with Crippen LogP contribution in [0.3, 0.4) is 0 Å². The van der Waals surface area contributed by atoms with E-state index in [4.69, 9.17) is 33.2 Å². The van der Waals surface area contributed by atoms with Gasteiger partial charge in [0.25, 0.3) is 0 Å². The van der Waals surface area contributed by atoms with Gasteiger partial charge in [-0.05, 0) is 99.4 Å². The Bertz CT molecular complexity index is 2260. The van der Waals surface area contributed by atoms with E-state index in [0.29, 0.717) is 22.9 Å². The lowest BCUT2D eigenvalue weighted by atomic mass is 10.0. The fourth-order valence-corrected chi connectivity index (χ4v) is 10.7. The van der Waals surface area contributed by atoms with Gasteiger partial charge >= 0.3 is 0 Å². The van der Waals surface area contributed by atoms with Crippen LogP contribution in [-0.4, -0.2) is 122 Å². The zero-order chi connectivity index (χ0) is 49.7. The molecule has 0 radical (unpaired) electrons. The zero-order valence-electron chi connectivity index (χ0n) is 42.6. The first-order chi connectivity index (χ1) is 35.4. The molecule has 8 rings (SSSR count). The second kappa shape index (κ2) is 28.3. The maximum atomic E-state index is 12.5. The van der Waals surface area contributed by atoms with Crippen LogP contribution in [0.1, 0.15) is 127 Å². The van der Waals surface area contributed by atoms with E-state index >= 15 is 0 Å². The highest BCUT2D eigenvalue weighted by Crippen LogP contribution is 2.38. The molecule has 4 aromatic rings. The molecule has 0 spiro atoms. The number of benzene rings is 4. The van der Waals surface area contributed by atoms with Crippen molar-refractivity contribution in [2.45, 2.75) is 116 Å². The molecular weight excluding hydrogens is 940 g/mol. The molecule has 0 saturated carbocycles. The van der Waals surface area contributed by atoms with Gasteiger partial charge in [0, 0.05) is 111 Å². The molecule has 0 atom stereocenters. The molecule has 14 heteroatoms. The van der Waals surface area contributed by atoms with E-state index in [1.54, 1.807) is 0 Å². The Morgan fingerprint density at radius 2 is 0.806 bits per heavy atom. The number of anilines is 4. The van der Waals surface area contributed by atoms with Crippen molar-refractivity contribution < 1.29 is 9.59 Å². The molecule has 4 aliphatic heterocycles. The van der Waals surface area contributed by atoms with Crippen LogP contribution in [0.2, 0.25) is 10.0 Å². The molecule has 0 unspecified atom stereocenters. The minimum atomic E-state index is 0.194. The predicted molar refractivity (Wildman–Crippen MR) is 300 cm³/mol. The molecule has 0 aliphatic carbocycles. The van der Waals surface area contributed by atoms with Crippen molar-refractivity contribution in [2.24, 2.45) is 9.98 Å². The van der Waals surface area contributed by atoms with Crippen LogP contribution in [0.15, 0.2) is 94.9 Å². The van der Waals surface area contributed by atoms with Crippen molar-refractivity contribution in [2.75, 3.05) is 89.2 Å². The second-order valence-electron chi connectivity index (χ2n) is 20.0. The Balaban J connectivity index is 0.558. The molecule has 386 valence electrons. The SMILES string of the molecule is O=C(CCCCCCCCCCCCCCCCC(=O)NCCCN1CCN(C2=Nc3cc(Cl)ccc3Nc3ccccc32)CC1)NCCCN1CCN(C2=Nc3cc(Cl)ccc3Nc3ccccc32)CC1. The van der Waals surface area contributed by atoms with Crippen molar-refractivity contribution >= 4 is 80.8 Å². The molecule has 2 fully saturated rings. The average molecular weight is 1020 g/mol. The number of nitrogens with zero attached hydrogens (tertiary/aromatic N) is 6. The van der Waals surface area contributed by atoms with Crippen molar-refractivity contribution in [3.8, 4) is 0 Å². The number of carbonyl (C=O) groups is 2. The number of fused-ring (bicyclic) bond motifs is 4. The number of unbranched alkanes of at least 4 members (excludes halogenated alkanes) is 13. The van der Waals surface area contributed by atoms with Crippen LogP contribution in [0, 0.1) is 0 Å². The summed E-state index contributed by atoms with van der Waals surface area (Å²) in [4.78, 5) is 45.0.